The third-order valence-corrected chi connectivity index (χ3v) is 6.26. The summed E-state index contributed by atoms with van der Waals surface area (Å²) < 4.78 is 0. The number of amides is 1. The molecule has 2 nitrogen and oxygen atoms in total. The van der Waals surface area contributed by atoms with Crippen LogP contribution in [0.1, 0.15) is 38.5 Å². The smallest absolute Gasteiger partial charge is 0.230 e. The molecule has 112 valence electrons. The highest BCUT2D eigenvalue weighted by atomic mass is 35.5. The Morgan fingerprint density at radius 3 is 2.19 bits per heavy atom. The van der Waals surface area contributed by atoms with E-state index in [1.54, 1.807) is 18.2 Å². The monoisotopic (exact) mass is 323 g/mol. The van der Waals surface area contributed by atoms with Crippen LogP contribution in [0.25, 0.3) is 0 Å². The molecule has 5 rings (SSSR count). The minimum atomic E-state index is -0.152. The molecule has 0 unspecified atom stereocenters. The lowest BCUT2D eigenvalue weighted by Gasteiger charge is -2.55. The zero-order valence-corrected chi connectivity index (χ0v) is 13.4. The maximum absolute atomic E-state index is 12.9. The van der Waals surface area contributed by atoms with Gasteiger partial charge in [0, 0.05) is 5.02 Å². The zero-order chi connectivity index (χ0) is 14.6. The van der Waals surface area contributed by atoms with Gasteiger partial charge in [-0.1, -0.05) is 23.2 Å². The molecule has 4 saturated carbocycles. The van der Waals surface area contributed by atoms with Crippen LogP contribution in [0.5, 0.6) is 0 Å². The molecule has 1 amide bonds. The van der Waals surface area contributed by atoms with Gasteiger partial charge >= 0.3 is 0 Å². The average Bonchev–Trinajstić information content (AvgIpc) is 2.41. The molecular formula is C17H19Cl2NO. The number of anilines is 1. The van der Waals surface area contributed by atoms with Crippen molar-refractivity contribution in [1.82, 2.24) is 0 Å². The summed E-state index contributed by atoms with van der Waals surface area (Å²) in [5.74, 6) is 2.44. The van der Waals surface area contributed by atoms with Crippen molar-refractivity contribution in [3.63, 3.8) is 0 Å². The van der Waals surface area contributed by atoms with E-state index in [2.05, 4.69) is 5.32 Å². The lowest BCUT2D eigenvalue weighted by atomic mass is 9.49. The normalized spacial score (nSPS) is 36.8. The molecule has 4 bridgehead atoms. The second kappa shape index (κ2) is 4.89. The molecule has 21 heavy (non-hydrogen) atoms. The van der Waals surface area contributed by atoms with Crippen molar-refractivity contribution in [3.05, 3.63) is 28.2 Å². The average molecular weight is 324 g/mol. The number of benzene rings is 1. The third kappa shape index (κ3) is 2.37. The zero-order valence-electron chi connectivity index (χ0n) is 11.9. The van der Waals surface area contributed by atoms with E-state index in [9.17, 15) is 4.79 Å². The van der Waals surface area contributed by atoms with Gasteiger partial charge in [-0.2, -0.15) is 0 Å². The molecule has 0 heterocycles. The van der Waals surface area contributed by atoms with Crippen LogP contribution in [0.4, 0.5) is 5.69 Å². The van der Waals surface area contributed by atoms with Crippen molar-refractivity contribution in [2.24, 2.45) is 23.2 Å². The van der Waals surface area contributed by atoms with E-state index in [0.29, 0.717) is 15.7 Å². The summed E-state index contributed by atoms with van der Waals surface area (Å²) in [5.41, 5.74) is 0.491. The van der Waals surface area contributed by atoms with Crippen LogP contribution in [0.3, 0.4) is 0 Å². The Bertz CT molecular complexity index is 563. The fraction of sp³-hybridized carbons (Fsp3) is 0.588. The fourth-order valence-corrected chi connectivity index (χ4v) is 5.57. The van der Waals surface area contributed by atoms with Gasteiger partial charge in [0.05, 0.1) is 16.1 Å². The molecule has 4 heteroatoms. The van der Waals surface area contributed by atoms with Gasteiger partial charge < -0.3 is 5.32 Å². The van der Waals surface area contributed by atoms with Gasteiger partial charge in [0.2, 0.25) is 5.91 Å². The number of rotatable bonds is 2. The number of hydrogen-bond acceptors (Lipinski definition) is 1. The van der Waals surface area contributed by atoms with E-state index in [4.69, 9.17) is 23.2 Å². The van der Waals surface area contributed by atoms with Crippen LogP contribution in [0, 0.1) is 23.2 Å². The van der Waals surface area contributed by atoms with Crippen molar-refractivity contribution >= 4 is 34.8 Å². The maximum atomic E-state index is 12.9. The highest BCUT2D eigenvalue weighted by molar-refractivity contribution is 6.35. The van der Waals surface area contributed by atoms with Crippen LogP contribution < -0.4 is 5.32 Å². The van der Waals surface area contributed by atoms with Gasteiger partial charge in [0.1, 0.15) is 0 Å². The molecule has 1 aromatic rings. The highest BCUT2D eigenvalue weighted by Gasteiger charge is 2.54. The molecule has 0 spiro atoms. The highest BCUT2D eigenvalue weighted by Crippen LogP contribution is 2.60. The van der Waals surface area contributed by atoms with E-state index >= 15 is 0 Å². The first-order valence-electron chi connectivity index (χ1n) is 7.81. The standard InChI is InChI=1S/C17H19Cl2NO/c18-13-1-2-14(19)15(6-13)20-16(21)17-7-10-3-11(8-17)5-12(4-10)9-17/h1-2,6,10-12H,3-5,7-9H2,(H,20,21). The molecular weight excluding hydrogens is 305 g/mol. The maximum Gasteiger partial charge on any atom is 0.230 e. The van der Waals surface area contributed by atoms with E-state index < -0.39 is 0 Å². The third-order valence-electron chi connectivity index (χ3n) is 5.70. The van der Waals surface area contributed by atoms with Crippen LogP contribution in [0.2, 0.25) is 10.0 Å². The Hall–Kier alpha value is -0.730. The Morgan fingerprint density at radius 2 is 1.62 bits per heavy atom. The first-order chi connectivity index (χ1) is 10.0. The quantitative estimate of drug-likeness (QED) is 0.801. The van der Waals surface area contributed by atoms with E-state index in [-0.39, 0.29) is 11.3 Å². The topological polar surface area (TPSA) is 29.1 Å². The molecule has 1 aromatic carbocycles. The van der Waals surface area contributed by atoms with Gasteiger partial charge in [0.15, 0.2) is 0 Å². The van der Waals surface area contributed by atoms with Gasteiger partial charge in [-0.15, -0.1) is 0 Å². The summed E-state index contributed by atoms with van der Waals surface area (Å²) in [6.45, 7) is 0. The molecule has 4 fully saturated rings. The summed E-state index contributed by atoms with van der Waals surface area (Å²) in [7, 11) is 0. The lowest BCUT2D eigenvalue weighted by molar-refractivity contribution is -0.140. The van der Waals surface area contributed by atoms with Crippen LogP contribution in [-0.4, -0.2) is 5.91 Å². The predicted molar refractivity (Wildman–Crippen MR) is 85.7 cm³/mol. The Morgan fingerprint density at radius 1 is 1.05 bits per heavy atom. The molecule has 4 aliphatic rings. The summed E-state index contributed by atoms with van der Waals surface area (Å²) in [4.78, 5) is 12.9. The Labute approximate surface area is 135 Å². The predicted octanol–water partition coefficient (Wildman–Crippen LogP) is 5.15. The van der Waals surface area contributed by atoms with E-state index in [1.807, 2.05) is 0 Å². The number of carbonyl (C=O) groups is 1. The summed E-state index contributed by atoms with van der Waals surface area (Å²) in [6.07, 6.45) is 7.19. The molecule has 0 aliphatic heterocycles. The number of hydrogen-bond donors (Lipinski definition) is 1. The second-order valence-corrected chi connectivity index (χ2v) is 8.12. The van der Waals surface area contributed by atoms with E-state index in [0.717, 1.165) is 37.0 Å². The van der Waals surface area contributed by atoms with Gasteiger partial charge in [0.25, 0.3) is 0 Å². The second-order valence-electron chi connectivity index (χ2n) is 7.28. The molecule has 0 radical (unpaired) electrons. The molecule has 1 N–H and O–H groups in total. The lowest BCUT2D eigenvalue weighted by Crippen LogP contribution is -2.51. The summed E-state index contributed by atoms with van der Waals surface area (Å²) >= 11 is 12.2. The van der Waals surface area contributed by atoms with Crippen molar-refractivity contribution < 1.29 is 4.79 Å². The minimum absolute atomic E-state index is 0.152. The van der Waals surface area contributed by atoms with Crippen LogP contribution >= 0.6 is 23.2 Å². The summed E-state index contributed by atoms with van der Waals surface area (Å²) in [5, 5.41) is 4.20. The molecule has 0 atom stereocenters. The van der Waals surface area contributed by atoms with Gasteiger partial charge in [-0.3, -0.25) is 4.79 Å². The van der Waals surface area contributed by atoms with Gasteiger partial charge in [-0.25, -0.2) is 0 Å². The van der Waals surface area contributed by atoms with Crippen molar-refractivity contribution in [3.8, 4) is 0 Å². The van der Waals surface area contributed by atoms with Crippen LogP contribution in [0.15, 0.2) is 18.2 Å². The SMILES string of the molecule is O=C(Nc1cc(Cl)ccc1Cl)C12CC3CC(CC(C3)C1)C2. The minimum Gasteiger partial charge on any atom is -0.324 e. The largest absolute Gasteiger partial charge is 0.324 e. The first-order valence-corrected chi connectivity index (χ1v) is 8.56. The number of nitrogens with one attached hydrogen (secondary N) is 1. The van der Waals surface area contributed by atoms with E-state index in [1.165, 1.54) is 19.3 Å². The molecule has 0 saturated heterocycles. The first kappa shape index (κ1) is 13.9. The Kier molecular flexibility index (Phi) is 3.24. The molecule has 0 aromatic heterocycles. The molecule has 4 aliphatic carbocycles. The number of halogens is 2. The van der Waals surface area contributed by atoms with Crippen molar-refractivity contribution in [1.29, 1.82) is 0 Å². The summed E-state index contributed by atoms with van der Waals surface area (Å²) in [6, 6.07) is 5.21. The van der Waals surface area contributed by atoms with Crippen molar-refractivity contribution in [2.45, 2.75) is 38.5 Å². The number of carbonyl (C=O) groups excluding carboxylic acids is 1. The van der Waals surface area contributed by atoms with Crippen molar-refractivity contribution in [2.75, 3.05) is 5.32 Å². The van der Waals surface area contributed by atoms with Crippen LogP contribution in [-0.2, 0) is 4.79 Å². The fourth-order valence-electron chi connectivity index (χ4n) is 5.24. The van der Waals surface area contributed by atoms with Gasteiger partial charge in [-0.05, 0) is 74.5 Å². The Balaban J connectivity index is 1.59.